The van der Waals surface area contributed by atoms with Gasteiger partial charge in [-0.3, -0.25) is 4.72 Å². The minimum absolute atomic E-state index is 0.00468. The molecule has 34 heavy (non-hydrogen) atoms. The minimum Gasteiger partial charge on any atom is -0.497 e. The highest BCUT2D eigenvalue weighted by Crippen LogP contribution is 2.35. The van der Waals surface area contributed by atoms with Gasteiger partial charge in [0.15, 0.2) is 0 Å². The Balaban J connectivity index is 1.60. The van der Waals surface area contributed by atoms with Crippen LogP contribution in [0.4, 0.5) is 5.69 Å². The average molecular weight is 496 g/mol. The van der Waals surface area contributed by atoms with E-state index < -0.39 is 16.0 Å². The van der Waals surface area contributed by atoms with Crippen LogP contribution in [-0.4, -0.2) is 33.7 Å². The molecule has 0 atom stereocenters. The number of sulfonamides is 1. The highest BCUT2D eigenvalue weighted by molar-refractivity contribution is 7.94. The van der Waals surface area contributed by atoms with E-state index in [9.17, 15) is 13.2 Å². The maximum atomic E-state index is 13.0. The first-order valence-corrected chi connectivity index (χ1v) is 12.4. The molecular weight excluding hydrogens is 474 g/mol. The van der Waals surface area contributed by atoms with Crippen LogP contribution in [0.25, 0.3) is 21.6 Å². The highest BCUT2D eigenvalue weighted by atomic mass is 32.2. The number of hydrogen-bond donors (Lipinski definition) is 2. The number of carboxylic acids is 1. The van der Waals surface area contributed by atoms with Crippen LogP contribution in [0.5, 0.6) is 11.5 Å². The molecular formula is C25H21NO6S2. The van der Waals surface area contributed by atoms with Gasteiger partial charge in [-0.1, -0.05) is 30.3 Å². The normalized spacial score (nSPS) is 11.1. The van der Waals surface area contributed by atoms with E-state index in [1.165, 1.54) is 25.3 Å². The standard InChI is InChI=1S/C25H21NO6S2/c1-31-20-9-6-16(7-10-20)17-4-3-5-18(14-17)23-12-13-24(33-23)34(29,30)26-21-11-8-19(25(27)28)15-22(21)32-2/h3-15,26H,1-2H3,(H,27,28). The summed E-state index contributed by atoms with van der Waals surface area (Å²) < 4.78 is 39.0. The molecule has 3 aromatic carbocycles. The summed E-state index contributed by atoms with van der Waals surface area (Å²) in [6, 6.07) is 22.8. The van der Waals surface area contributed by atoms with E-state index in [2.05, 4.69) is 4.72 Å². The van der Waals surface area contributed by atoms with Crippen molar-refractivity contribution in [1.82, 2.24) is 0 Å². The molecule has 4 aromatic rings. The first-order chi connectivity index (χ1) is 16.3. The summed E-state index contributed by atoms with van der Waals surface area (Å²) in [7, 11) is -0.945. The maximum absolute atomic E-state index is 13.0. The number of hydrogen-bond acceptors (Lipinski definition) is 6. The molecule has 174 valence electrons. The molecule has 2 N–H and O–H groups in total. The third-order valence-electron chi connectivity index (χ3n) is 5.11. The Morgan fingerprint density at radius 2 is 1.59 bits per heavy atom. The molecule has 7 nitrogen and oxygen atoms in total. The average Bonchev–Trinajstić information content (AvgIpc) is 3.36. The number of rotatable bonds is 8. The van der Waals surface area contributed by atoms with Gasteiger partial charge in [0.05, 0.1) is 25.5 Å². The van der Waals surface area contributed by atoms with Crippen molar-refractivity contribution in [1.29, 1.82) is 0 Å². The second kappa shape index (κ2) is 9.58. The van der Waals surface area contributed by atoms with Gasteiger partial charge in [0.2, 0.25) is 0 Å². The molecule has 0 spiro atoms. The third-order valence-corrected chi connectivity index (χ3v) is 8.10. The fraction of sp³-hybridized carbons (Fsp3) is 0.0800. The molecule has 0 aliphatic heterocycles. The summed E-state index contributed by atoms with van der Waals surface area (Å²) >= 11 is 1.14. The van der Waals surface area contributed by atoms with E-state index in [4.69, 9.17) is 14.6 Å². The zero-order valence-corrected chi connectivity index (χ0v) is 19.9. The lowest BCUT2D eigenvalue weighted by atomic mass is 10.0. The zero-order chi connectivity index (χ0) is 24.3. The quantitative estimate of drug-likeness (QED) is 0.330. The van der Waals surface area contributed by atoms with Gasteiger partial charge >= 0.3 is 5.97 Å². The van der Waals surface area contributed by atoms with Gasteiger partial charge in [-0.2, -0.15) is 0 Å². The largest absolute Gasteiger partial charge is 0.497 e. The number of anilines is 1. The molecule has 0 unspecified atom stereocenters. The maximum Gasteiger partial charge on any atom is 0.335 e. The highest BCUT2D eigenvalue weighted by Gasteiger charge is 2.20. The molecule has 0 saturated carbocycles. The van der Waals surface area contributed by atoms with Gasteiger partial charge in [0, 0.05) is 4.88 Å². The van der Waals surface area contributed by atoms with Crippen LogP contribution in [-0.2, 0) is 10.0 Å². The summed E-state index contributed by atoms with van der Waals surface area (Å²) in [5.74, 6) is -0.241. The number of aromatic carboxylic acids is 1. The number of benzene rings is 3. The molecule has 0 saturated heterocycles. The van der Waals surface area contributed by atoms with Crippen LogP contribution in [0.1, 0.15) is 10.4 Å². The summed E-state index contributed by atoms with van der Waals surface area (Å²) in [6.45, 7) is 0. The first-order valence-electron chi connectivity index (χ1n) is 10.1. The molecule has 0 amide bonds. The van der Waals surface area contributed by atoms with Gasteiger partial charge in [-0.25, -0.2) is 13.2 Å². The van der Waals surface area contributed by atoms with Crippen molar-refractivity contribution >= 4 is 33.0 Å². The summed E-state index contributed by atoms with van der Waals surface area (Å²) in [5.41, 5.74) is 3.06. The molecule has 1 heterocycles. The topological polar surface area (TPSA) is 102 Å². The SMILES string of the molecule is COc1ccc(-c2cccc(-c3ccc(S(=O)(=O)Nc4ccc(C(=O)O)cc4OC)s3)c2)cc1. The van der Waals surface area contributed by atoms with Gasteiger partial charge in [0.25, 0.3) is 10.0 Å². The number of methoxy groups -OCH3 is 2. The van der Waals surface area contributed by atoms with Crippen LogP contribution >= 0.6 is 11.3 Å². The van der Waals surface area contributed by atoms with Crippen molar-refractivity contribution < 1.29 is 27.8 Å². The van der Waals surface area contributed by atoms with Gasteiger partial charge in [0.1, 0.15) is 15.7 Å². The molecule has 1 aromatic heterocycles. The number of thiophene rings is 1. The van der Waals surface area contributed by atoms with Crippen LogP contribution < -0.4 is 14.2 Å². The van der Waals surface area contributed by atoms with Crippen molar-refractivity contribution in [3.05, 3.63) is 84.4 Å². The van der Waals surface area contributed by atoms with Gasteiger partial charge in [-0.05, 0) is 65.2 Å². The Labute approximate surface area is 201 Å². The number of carbonyl (C=O) groups is 1. The lowest BCUT2D eigenvalue weighted by Gasteiger charge is -2.11. The molecule has 0 aliphatic carbocycles. The summed E-state index contributed by atoms with van der Waals surface area (Å²) in [5, 5.41) is 9.13. The molecule has 9 heteroatoms. The number of nitrogens with one attached hydrogen (secondary N) is 1. The second-order valence-corrected chi connectivity index (χ2v) is 10.2. The van der Waals surface area contributed by atoms with E-state index in [1.807, 2.05) is 48.5 Å². The van der Waals surface area contributed by atoms with Crippen molar-refractivity contribution in [2.24, 2.45) is 0 Å². The van der Waals surface area contributed by atoms with E-state index >= 15 is 0 Å². The fourth-order valence-electron chi connectivity index (χ4n) is 3.36. The predicted molar refractivity (Wildman–Crippen MR) is 133 cm³/mol. The monoisotopic (exact) mass is 495 g/mol. The van der Waals surface area contributed by atoms with Crippen molar-refractivity contribution in [3.63, 3.8) is 0 Å². The Morgan fingerprint density at radius 3 is 2.26 bits per heavy atom. The molecule has 4 rings (SSSR count). The molecule has 0 aliphatic rings. The Bertz CT molecular complexity index is 1440. The smallest absolute Gasteiger partial charge is 0.335 e. The van der Waals surface area contributed by atoms with Crippen LogP contribution in [0.3, 0.4) is 0 Å². The fourth-order valence-corrected chi connectivity index (χ4v) is 5.73. The van der Waals surface area contributed by atoms with Crippen LogP contribution in [0.15, 0.2) is 83.1 Å². The Kier molecular flexibility index (Phi) is 6.58. The molecule has 0 bridgehead atoms. The summed E-state index contributed by atoms with van der Waals surface area (Å²) in [6.07, 6.45) is 0. The summed E-state index contributed by atoms with van der Waals surface area (Å²) in [4.78, 5) is 12.0. The van der Waals surface area contributed by atoms with E-state index in [0.29, 0.717) is 0 Å². The molecule has 0 fully saturated rings. The Hall–Kier alpha value is -3.82. The zero-order valence-electron chi connectivity index (χ0n) is 18.3. The number of carboxylic acid groups (broad SMARTS) is 1. The first kappa shape index (κ1) is 23.3. The minimum atomic E-state index is -3.91. The van der Waals surface area contributed by atoms with Crippen molar-refractivity contribution in [3.8, 4) is 33.1 Å². The second-order valence-electron chi connectivity index (χ2n) is 7.25. The number of ether oxygens (including phenoxy) is 2. The Morgan fingerprint density at radius 1 is 0.853 bits per heavy atom. The van der Waals surface area contributed by atoms with Crippen molar-refractivity contribution in [2.75, 3.05) is 18.9 Å². The molecule has 0 radical (unpaired) electrons. The van der Waals surface area contributed by atoms with E-state index in [-0.39, 0.29) is 21.2 Å². The van der Waals surface area contributed by atoms with E-state index in [0.717, 1.165) is 38.7 Å². The van der Waals surface area contributed by atoms with Crippen molar-refractivity contribution in [2.45, 2.75) is 4.21 Å². The van der Waals surface area contributed by atoms with Gasteiger partial charge in [-0.15, -0.1) is 11.3 Å². The van der Waals surface area contributed by atoms with Crippen LogP contribution in [0.2, 0.25) is 0 Å². The van der Waals surface area contributed by atoms with Crippen LogP contribution in [0, 0.1) is 0 Å². The third kappa shape index (κ3) is 4.90. The van der Waals surface area contributed by atoms with E-state index in [1.54, 1.807) is 19.2 Å². The van der Waals surface area contributed by atoms with Gasteiger partial charge < -0.3 is 14.6 Å². The predicted octanol–water partition coefficient (Wildman–Crippen LogP) is 5.60. The lowest BCUT2D eigenvalue weighted by Crippen LogP contribution is -2.12. The lowest BCUT2D eigenvalue weighted by molar-refractivity contribution is 0.0696.